The van der Waals surface area contributed by atoms with E-state index in [1.165, 1.54) is 99.1 Å². The van der Waals surface area contributed by atoms with Gasteiger partial charge in [-0.15, -0.1) is 0 Å². The molecule has 0 fully saturated rings. The number of hydrogen-bond acceptors (Lipinski definition) is 0. The summed E-state index contributed by atoms with van der Waals surface area (Å²) >= 11 is 0. The summed E-state index contributed by atoms with van der Waals surface area (Å²) in [6.45, 7) is 9.64. The highest BCUT2D eigenvalue weighted by atomic mass is 15.0. The molecule has 0 saturated carbocycles. The van der Waals surface area contributed by atoms with Crippen molar-refractivity contribution in [2.75, 3.05) is 0 Å². The van der Waals surface area contributed by atoms with E-state index in [1.807, 2.05) is 0 Å². The topological polar surface area (TPSA) is 9.86 Å². The summed E-state index contributed by atoms with van der Waals surface area (Å²) in [7, 11) is 0. The van der Waals surface area contributed by atoms with Gasteiger partial charge in [0.15, 0.2) is 0 Å². The van der Waals surface area contributed by atoms with E-state index >= 15 is 0 Å². The molecule has 8 aromatic carbocycles. The van der Waals surface area contributed by atoms with Crippen molar-refractivity contribution in [3.05, 3.63) is 181 Å². The number of hydrogen-bond donors (Lipinski definition) is 0. The van der Waals surface area contributed by atoms with Crippen LogP contribution < -0.4 is 0 Å². The minimum Gasteiger partial charge on any atom is -0.309 e. The minimum atomic E-state index is 0.104. The molecule has 0 amide bonds. The number of aromatic nitrogens is 2. The van der Waals surface area contributed by atoms with Crippen molar-refractivity contribution in [1.82, 2.24) is 9.13 Å². The predicted molar refractivity (Wildman–Crippen MR) is 234 cm³/mol. The van der Waals surface area contributed by atoms with E-state index in [1.54, 1.807) is 0 Å². The molecule has 2 heteroatoms. The molecule has 2 heterocycles. The second kappa shape index (κ2) is 11.6. The Balaban J connectivity index is 1.12. The third-order valence-electron chi connectivity index (χ3n) is 12.4. The van der Waals surface area contributed by atoms with Crippen LogP contribution in [0.3, 0.4) is 0 Å². The molecule has 0 aliphatic heterocycles. The molecule has 2 nitrogen and oxygen atoms in total. The number of rotatable bonds is 4. The summed E-state index contributed by atoms with van der Waals surface area (Å²) < 4.78 is 4.87. The van der Waals surface area contributed by atoms with Crippen LogP contribution in [0.4, 0.5) is 0 Å². The quantitative estimate of drug-likeness (QED) is 0.172. The molecule has 1 aliphatic rings. The van der Waals surface area contributed by atoms with Gasteiger partial charge in [0.05, 0.1) is 22.1 Å². The molecule has 55 heavy (non-hydrogen) atoms. The van der Waals surface area contributed by atoms with Gasteiger partial charge in [0.1, 0.15) is 0 Å². The van der Waals surface area contributed by atoms with Crippen LogP contribution in [-0.2, 0) is 10.8 Å². The van der Waals surface area contributed by atoms with Crippen molar-refractivity contribution in [3.63, 3.8) is 0 Å². The fourth-order valence-electron chi connectivity index (χ4n) is 10.4. The van der Waals surface area contributed by atoms with Gasteiger partial charge in [-0.05, 0) is 122 Å². The summed E-state index contributed by atoms with van der Waals surface area (Å²) in [5.74, 6) is 0. The molecule has 11 rings (SSSR count). The van der Waals surface area contributed by atoms with E-state index in [0.29, 0.717) is 0 Å². The molecular weight excluding hydrogens is 665 g/mol. The lowest BCUT2D eigenvalue weighted by Gasteiger charge is -2.24. The summed E-state index contributed by atoms with van der Waals surface area (Å²) in [5, 5.41) is 7.63. The highest BCUT2D eigenvalue weighted by molar-refractivity contribution is 6.22. The zero-order chi connectivity index (χ0) is 37.1. The molecule has 264 valence electrons. The van der Waals surface area contributed by atoms with Crippen LogP contribution in [0.1, 0.15) is 45.2 Å². The average molecular weight is 707 g/mol. The van der Waals surface area contributed by atoms with Crippen molar-refractivity contribution in [2.45, 2.75) is 44.9 Å². The van der Waals surface area contributed by atoms with Crippen LogP contribution in [0.2, 0.25) is 0 Å². The van der Waals surface area contributed by atoms with Gasteiger partial charge >= 0.3 is 0 Å². The third-order valence-corrected chi connectivity index (χ3v) is 12.4. The van der Waals surface area contributed by atoms with Gasteiger partial charge < -0.3 is 9.13 Å². The Bertz CT molecular complexity index is 3170. The molecule has 0 atom stereocenters. The van der Waals surface area contributed by atoms with E-state index < -0.39 is 0 Å². The van der Waals surface area contributed by atoms with E-state index in [0.717, 1.165) is 6.42 Å². The third kappa shape index (κ3) is 4.74. The first-order valence-corrected chi connectivity index (χ1v) is 19.6. The van der Waals surface area contributed by atoms with Crippen molar-refractivity contribution in [1.29, 1.82) is 0 Å². The molecule has 0 saturated heterocycles. The van der Waals surface area contributed by atoms with Gasteiger partial charge in [-0.25, -0.2) is 0 Å². The molecule has 10 aromatic rings. The van der Waals surface area contributed by atoms with Crippen molar-refractivity contribution in [3.8, 4) is 33.6 Å². The minimum absolute atomic E-state index is 0.104. The summed E-state index contributed by atoms with van der Waals surface area (Å²) in [4.78, 5) is 0. The van der Waals surface area contributed by atoms with Gasteiger partial charge in [0, 0.05) is 32.9 Å². The highest BCUT2D eigenvalue weighted by Gasteiger charge is 2.43. The maximum Gasteiger partial charge on any atom is 0.0547 e. The van der Waals surface area contributed by atoms with Crippen LogP contribution in [0, 0.1) is 0 Å². The lowest BCUT2D eigenvalue weighted by molar-refractivity contribution is 0.403. The van der Waals surface area contributed by atoms with Gasteiger partial charge in [-0.1, -0.05) is 137 Å². The first kappa shape index (κ1) is 32.1. The van der Waals surface area contributed by atoms with Gasteiger partial charge in [-0.2, -0.15) is 0 Å². The van der Waals surface area contributed by atoms with E-state index in [-0.39, 0.29) is 10.8 Å². The molecular formula is C53H42N2. The Labute approximate surface area is 321 Å². The monoisotopic (exact) mass is 706 g/mol. The second-order valence-electron chi connectivity index (χ2n) is 16.9. The zero-order valence-corrected chi connectivity index (χ0v) is 31.8. The average Bonchev–Trinajstić information content (AvgIpc) is 3.79. The Morgan fingerprint density at radius 1 is 0.400 bits per heavy atom. The molecule has 0 radical (unpaired) electrons. The second-order valence-corrected chi connectivity index (χ2v) is 16.9. The van der Waals surface area contributed by atoms with Crippen LogP contribution in [0.25, 0.3) is 88.0 Å². The molecule has 0 unspecified atom stereocenters. The highest BCUT2D eigenvalue weighted by Crippen LogP contribution is 2.52. The van der Waals surface area contributed by atoms with Crippen molar-refractivity contribution < 1.29 is 0 Å². The Morgan fingerprint density at radius 3 is 1.84 bits per heavy atom. The standard InChI is InChI=1S/C53H42N2/c1-52(2)33-53(3,4)51-41(21-13-22-45(51)52)37-15-12-18-39(30-37)55-48-28-26-36(32-44(48)50-40-19-9-8-14-34(40)24-29-49(50)55)35-25-27-47-43(31-35)42-20-10-11-23-46(42)54(47)38-16-6-5-7-17-38/h5-32H,33H2,1-4H3. The summed E-state index contributed by atoms with van der Waals surface area (Å²) in [5.41, 5.74) is 15.6. The van der Waals surface area contributed by atoms with Crippen molar-refractivity contribution >= 4 is 54.4 Å². The summed E-state index contributed by atoms with van der Waals surface area (Å²) in [6.07, 6.45) is 1.15. The van der Waals surface area contributed by atoms with Gasteiger partial charge in [0.2, 0.25) is 0 Å². The number of para-hydroxylation sites is 2. The number of fused-ring (bicyclic) bond motifs is 9. The maximum absolute atomic E-state index is 2.49. The van der Waals surface area contributed by atoms with Crippen molar-refractivity contribution in [2.24, 2.45) is 0 Å². The van der Waals surface area contributed by atoms with Crippen LogP contribution >= 0.6 is 0 Å². The molecule has 0 N–H and O–H groups in total. The Morgan fingerprint density at radius 2 is 1.02 bits per heavy atom. The Hall–Kier alpha value is -6.38. The zero-order valence-electron chi connectivity index (χ0n) is 31.8. The van der Waals surface area contributed by atoms with Gasteiger partial charge in [-0.3, -0.25) is 0 Å². The Kier molecular flexibility index (Phi) is 6.74. The lowest BCUT2D eigenvalue weighted by Crippen LogP contribution is -2.18. The van der Waals surface area contributed by atoms with Crippen LogP contribution in [0.5, 0.6) is 0 Å². The normalized spacial score (nSPS) is 14.8. The van der Waals surface area contributed by atoms with Crippen LogP contribution in [0.15, 0.2) is 170 Å². The smallest absolute Gasteiger partial charge is 0.0547 e. The fraction of sp³-hybridized carbons (Fsp3) is 0.132. The summed E-state index contributed by atoms with van der Waals surface area (Å²) in [6, 6.07) is 63.2. The first-order valence-electron chi connectivity index (χ1n) is 19.6. The van der Waals surface area contributed by atoms with E-state index in [4.69, 9.17) is 0 Å². The predicted octanol–water partition coefficient (Wildman–Crippen LogP) is 14.3. The SMILES string of the molecule is CC1(C)CC(C)(C)c2c(-c3cccc(-n4c5ccc(-c6ccc7c(c6)c6ccccc6n7-c6ccccc6)cc5c5c6ccccc6ccc54)c3)cccc21. The van der Waals surface area contributed by atoms with E-state index in [2.05, 4.69) is 207 Å². The molecule has 2 aromatic heterocycles. The molecule has 0 bridgehead atoms. The number of benzene rings is 8. The van der Waals surface area contributed by atoms with Gasteiger partial charge in [0.25, 0.3) is 0 Å². The lowest BCUT2D eigenvalue weighted by atomic mass is 9.80. The first-order chi connectivity index (χ1) is 26.8. The van der Waals surface area contributed by atoms with E-state index in [9.17, 15) is 0 Å². The largest absolute Gasteiger partial charge is 0.309 e. The molecule has 1 aliphatic carbocycles. The van der Waals surface area contributed by atoms with Crippen LogP contribution in [-0.4, -0.2) is 9.13 Å². The number of nitrogens with zero attached hydrogens (tertiary/aromatic N) is 2. The molecule has 0 spiro atoms. The maximum atomic E-state index is 2.49. The fourth-order valence-corrected chi connectivity index (χ4v) is 10.4.